The Balaban J connectivity index is -0.000000240. The standard InChI is InChI=1S/C6H8O7.3Ag/c7-3(8)1-6(13,5(11)12)2-4(9)10;;;/h13H,1-2H2,(H,7,8)(H,9,10)(H,11,12);;;. The molecule has 0 fully saturated rings. The predicted molar refractivity (Wildman–Crippen MR) is 37.1 cm³/mol. The van der Waals surface area contributed by atoms with Crippen molar-refractivity contribution in [3.8, 4) is 0 Å². The first kappa shape index (κ1) is 25.4. The first-order valence-corrected chi connectivity index (χ1v) is 3.17. The molecule has 7 nitrogen and oxygen atoms in total. The number of carboxylic acids is 3. The number of carbonyl (C=O) groups is 3. The fourth-order valence-corrected chi connectivity index (χ4v) is 0.714. The molecule has 0 spiro atoms. The van der Waals surface area contributed by atoms with Crippen LogP contribution in [0.4, 0.5) is 0 Å². The number of carboxylic acid groups (broad SMARTS) is 3. The van der Waals surface area contributed by atoms with E-state index in [1.165, 1.54) is 0 Å². The van der Waals surface area contributed by atoms with E-state index in [0.717, 1.165) is 0 Å². The van der Waals surface area contributed by atoms with Crippen LogP contribution in [0.15, 0.2) is 0 Å². The summed E-state index contributed by atoms with van der Waals surface area (Å²) in [7, 11) is 0. The van der Waals surface area contributed by atoms with Crippen molar-refractivity contribution in [2.75, 3.05) is 0 Å². The first-order chi connectivity index (χ1) is 5.78. The van der Waals surface area contributed by atoms with E-state index in [9.17, 15) is 14.4 Å². The molecule has 0 aliphatic rings. The van der Waals surface area contributed by atoms with Crippen molar-refractivity contribution < 1.29 is 102 Å². The van der Waals surface area contributed by atoms with Gasteiger partial charge in [-0.3, -0.25) is 9.59 Å². The smallest absolute Gasteiger partial charge is 0.336 e. The van der Waals surface area contributed by atoms with Gasteiger partial charge in [-0.25, -0.2) is 4.79 Å². The molecule has 0 saturated heterocycles. The van der Waals surface area contributed by atoms with Gasteiger partial charge in [0, 0.05) is 67.1 Å². The third kappa shape index (κ3) is 9.79. The zero-order chi connectivity index (χ0) is 10.6. The van der Waals surface area contributed by atoms with Crippen LogP contribution in [0.1, 0.15) is 12.8 Å². The van der Waals surface area contributed by atoms with Crippen molar-refractivity contribution >= 4 is 17.9 Å². The summed E-state index contributed by atoms with van der Waals surface area (Å²) < 4.78 is 0. The molecule has 10 heteroatoms. The topological polar surface area (TPSA) is 132 Å². The summed E-state index contributed by atoms with van der Waals surface area (Å²) in [5.41, 5.74) is -2.74. The summed E-state index contributed by atoms with van der Waals surface area (Å²) in [5.74, 6) is -5.02. The van der Waals surface area contributed by atoms with Gasteiger partial charge < -0.3 is 20.4 Å². The third-order valence-corrected chi connectivity index (χ3v) is 1.29. The maximum absolute atomic E-state index is 10.3. The molecule has 107 valence electrons. The second kappa shape index (κ2) is 10.7. The second-order valence-corrected chi connectivity index (χ2v) is 2.48. The summed E-state index contributed by atoms with van der Waals surface area (Å²) in [6, 6.07) is 0. The molecule has 4 N–H and O–H groups in total. The fourth-order valence-electron chi connectivity index (χ4n) is 0.714. The van der Waals surface area contributed by atoms with Crippen LogP contribution >= 0.6 is 0 Å². The van der Waals surface area contributed by atoms with Crippen LogP contribution in [0.5, 0.6) is 0 Å². The van der Waals surface area contributed by atoms with Gasteiger partial charge in [0.1, 0.15) is 0 Å². The molecule has 0 amide bonds. The monoisotopic (exact) mass is 513 g/mol. The minimum Gasteiger partial charge on any atom is -0.481 e. The first-order valence-electron chi connectivity index (χ1n) is 3.17. The van der Waals surface area contributed by atoms with Gasteiger partial charge in [-0.15, -0.1) is 0 Å². The van der Waals surface area contributed by atoms with Crippen molar-refractivity contribution in [2.24, 2.45) is 0 Å². The van der Waals surface area contributed by atoms with Crippen LogP contribution in [0.2, 0.25) is 0 Å². The maximum atomic E-state index is 10.3. The average Bonchev–Trinajstić information content (AvgIpc) is 1.82. The number of hydrogen-bond donors (Lipinski definition) is 4. The molecule has 0 aromatic carbocycles. The average molecular weight is 516 g/mol. The molecule has 3 radical (unpaired) electrons. The molecular formula is C6H8Ag3O7. The van der Waals surface area contributed by atoms with Gasteiger partial charge in [-0.1, -0.05) is 0 Å². The Bertz CT molecular complexity index is 239. The summed E-state index contributed by atoms with van der Waals surface area (Å²) >= 11 is 0. The van der Waals surface area contributed by atoms with Gasteiger partial charge in [0.25, 0.3) is 0 Å². The normalized spacial score (nSPS) is 8.81. The summed E-state index contributed by atoms with van der Waals surface area (Å²) in [5, 5.41) is 33.8. The van der Waals surface area contributed by atoms with E-state index < -0.39 is 36.4 Å². The molecule has 0 bridgehead atoms. The van der Waals surface area contributed by atoms with E-state index in [1.54, 1.807) is 0 Å². The number of aliphatic hydroxyl groups is 1. The van der Waals surface area contributed by atoms with Gasteiger partial charge in [0.15, 0.2) is 5.60 Å². The molecule has 0 heterocycles. The van der Waals surface area contributed by atoms with Gasteiger partial charge in [0.2, 0.25) is 0 Å². The Morgan fingerprint density at radius 2 is 1.06 bits per heavy atom. The van der Waals surface area contributed by atoms with Crippen molar-refractivity contribution in [1.29, 1.82) is 0 Å². The van der Waals surface area contributed by atoms with Crippen molar-refractivity contribution in [1.82, 2.24) is 0 Å². The minimum atomic E-state index is -2.74. The fraction of sp³-hybridized carbons (Fsp3) is 0.500. The molecule has 0 atom stereocenters. The van der Waals surface area contributed by atoms with Crippen LogP contribution in [0.3, 0.4) is 0 Å². The summed E-state index contributed by atoms with van der Waals surface area (Å²) in [4.78, 5) is 30.5. The maximum Gasteiger partial charge on any atom is 0.336 e. The Labute approximate surface area is 137 Å². The van der Waals surface area contributed by atoms with E-state index in [2.05, 4.69) is 0 Å². The summed E-state index contributed by atoms with van der Waals surface area (Å²) in [6.45, 7) is 0. The molecule has 0 aromatic heterocycles. The SMILES string of the molecule is O=C(O)CC(O)(CC(=O)O)C(=O)O.[Ag].[Ag].[Ag]. The molecular weight excluding hydrogens is 508 g/mol. The summed E-state index contributed by atoms with van der Waals surface area (Å²) in [6.07, 6.45) is -2.29. The quantitative estimate of drug-likeness (QED) is 0.336. The molecule has 0 aromatic rings. The van der Waals surface area contributed by atoms with Crippen LogP contribution < -0.4 is 0 Å². The molecule has 0 unspecified atom stereocenters. The third-order valence-electron chi connectivity index (χ3n) is 1.29. The largest absolute Gasteiger partial charge is 0.481 e. The number of rotatable bonds is 5. The Kier molecular flexibility index (Phi) is 17.1. The van der Waals surface area contributed by atoms with Gasteiger partial charge in [-0.05, 0) is 0 Å². The predicted octanol–water partition coefficient (Wildman–Crippen LogP) is -1.26. The molecule has 0 aliphatic heterocycles. The van der Waals surface area contributed by atoms with E-state index in [-0.39, 0.29) is 67.1 Å². The Morgan fingerprint density at radius 1 is 0.812 bits per heavy atom. The minimum absolute atomic E-state index is 0. The van der Waals surface area contributed by atoms with E-state index >= 15 is 0 Å². The molecule has 0 rings (SSSR count). The van der Waals surface area contributed by atoms with Crippen molar-refractivity contribution in [2.45, 2.75) is 18.4 Å². The van der Waals surface area contributed by atoms with Gasteiger partial charge in [0.05, 0.1) is 12.8 Å². The zero-order valence-electron chi connectivity index (χ0n) is 7.33. The molecule has 0 aliphatic carbocycles. The van der Waals surface area contributed by atoms with E-state index in [4.69, 9.17) is 20.4 Å². The van der Waals surface area contributed by atoms with Gasteiger partial charge >= 0.3 is 17.9 Å². The molecule has 16 heavy (non-hydrogen) atoms. The Morgan fingerprint density at radius 3 is 1.19 bits per heavy atom. The Hall–Kier alpha value is 0.591. The van der Waals surface area contributed by atoms with Crippen molar-refractivity contribution in [3.63, 3.8) is 0 Å². The van der Waals surface area contributed by atoms with Crippen molar-refractivity contribution in [3.05, 3.63) is 0 Å². The number of hydrogen-bond acceptors (Lipinski definition) is 4. The van der Waals surface area contributed by atoms with Crippen LogP contribution in [-0.2, 0) is 81.5 Å². The van der Waals surface area contributed by atoms with E-state index in [0.29, 0.717) is 0 Å². The number of aliphatic carboxylic acids is 3. The van der Waals surface area contributed by atoms with E-state index in [1.807, 2.05) is 0 Å². The van der Waals surface area contributed by atoms with Gasteiger partial charge in [-0.2, -0.15) is 0 Å². The second-order valence-electron chi connectivity index (χ2n) is 2.48. The molecule has 0 saturated carbocycles. The zero-order valence-corrected chi connectivity index (χ0v) is 11.8. The van der Waals surface area contributed by atoms with Crippen LogP contribution in [0.25, 0.3) is 0 Å². The van der Waals surface area contributed by atoms with Crippen LogP contribution in [-0.4, -0.2) is 43.9 Å². The van der Waals surface area contributed by atoms with Crippen LogP contribution in [0, 0.1) is 0 Å².